The van der Waals surface area contributed by atoms with E-state index in [9.17, 15) is 13.9 Å². The molecule has 0 saturated heterocycles. The molecule has 88 valence electrons. The van der Waals surface area contributed by atoms with Crippen LogP contribution in [0.4, 0.5) is 8.78 Å². The van der Waals surface area contributed by atoms with Crippen molar-refractivity contribution >= 4 is 0 Å². The van der Waals surface area contributed by atoms with Gasteiger partial charge in [0.05, 0.1) is 6.10 Å². The van der Waals surface area contributed by atoms with Crippen LogP contribution < -0.4 is 5.32 Å². The lowest BCUT2D eigenvalue weighted by atomic mass is 10.1. The molecule has 0 radical (unpaired) electrons. The van der Waals surface area contributed by atoms with E-state index in [2.05, 4.69) is 5.32 Å². The minimum absolute atomic E-state index is 0.00247. The van der Waals surface area contributed by atoms with Crippen LogP contribution in [0.5, 0.6) is 0 Å². The lowest BCUT2D eigenvalue weighted by Gasteiger charge is -2.16. The molecular formula is C12H15F2NO. The number of hydrogen-bond donors (Lipinski definition) is 2. The predicted molar refractivity (Wildman–Crippen MR) is 56.8 cm³/mol. The first kappa shape index (κ1) is 11.5. The number of benzene rings is 1. The van der Waals surface area contributed by atoms with E-state index in [1.165, 1.54) is 6.07 Å². The van der Waals surface area contributed by atoms with Crippen LogP contribution in [0.2, 0.25) is 0 Å². The van der Waals surface area contributed by atoms with Gasteiger partial charge < -0.3 is 10.4 Å². The summed E-state index contributed by atoms with van der Waals surface area (Å²) in [5, 5.41) is 12.6. The summed E-state index contributed by atoms with van der Waals surface area (Å²) in [5.41, 5.74) is 0.305. The van der Waals surface area contributed by atoms with Crippen LogP contribution in [-0.4, -0.2) is 17.3 Å². The topological polar surface area (TPSA) is 32.3 Å². The smallest absolute Gasteiger partial charge is 0.127 e. The number of halogens is 2. The Balaban J connectivity index is 1.96. The molecule has 0 unspecified atom stereocenters. The van der Waals surface area contributed by atoms with Gasteiger partial charge in [0.2, 0.25) is 0 Å². The average Bonchev–Trinajstić information content (AvgIpc) is 2.66. The van der Waals surface area contributed by atoms with Gasteiger partial charge in [-0.2, -0.15) is 0 Å². The Morgan fingerprint density at radius 3 is 2.81 bits per heavy atom. The van der Waals surface area contributed by atoms with E-state index in [1.54, 1.807) is 0 Å². The van der Waals surface area contributed by atoms with Gasteiger partial charge in [0.1, 0.15) is 11.6 Å². The molecule has 0 amide bonds. The molecule has 1 aromatic rings. The highest BCUT2D eigenvalue weighted by atomic mass is 19.1. The van der Waals surface area contributed by atoms with Crippen molar-refractivity contribution in [2.75, 3.05) is 0 Å². The van der Waals surface area contributed by atoms with Gasteiger partial charge in [0.15, 0.2) is 0 Å². The van der Waals surface area contributed by atoms with Gasteiger partial charge in [-0.05, 0) is 37.5 Å². The van der Waals surface area contributed by atoms with Crippen LogP contribution in [0.3, 0.4) is 0 Å². The second-order valence-electron chi connectivity index (χ2n) is 4.22. The summed E-state index contributed by atoms with van der Waals surface area (Å²) in [5.74, 6) is -0.855. The third kappa shape index (κ3) is 2.57. The Morgan fingerprint density at radius 2 is 2.12 bits per heavy atom. The largest absolute Gasteiger partial charge is 0.392 e. The minimum atomic E-state index is -0.440. The van der Waals surface area contributed by atoms with E-state index in [0.29, 0.717) is 5.56 Å². The molecule has 0 aliphatic heterocycles. The van der Waals surface area contributed by atoms with E-state index < -0.39 is 11.6 Å². The molecule has 0 heterocycles. The molecule has 2 rings (SSSR count). The zero-order valence-corrected chi connectivity index (χ0v) is 8.92. The van der Waals surface area contributed by atoms with Gasteiger partial charge in [0.25, 0.3) is 0 Å². The van der Waals surface area contributed by atoms with Crippen LogP contribution in [0.1, 0.15) is 24.8 Å². The maximum absolute atomic E-state index is 13.3. The normalized spacial score (nSPS) is 24.9. The van der Waals surface area contributed by atoms with Crippen LogP contribution in [0, 0.1) is 11.6 Å². The fourth-order valence-corrected chi connectivity index (χ4v) is 2.10. The highest BCUT2D eigenvalue weighted by Gasteiger charge is 2.24. The van der Waals surface area contributed by atoms with Crippen molar-refractivity contribution in [3.8, 4) is 0 Å². The van der Waals surface area contributed by atoms with E-state index >= 15 is 0 Å². The highest BCUT2D eigenvalue weighted by molar-refractivity contribution is 5.18. The second kappa shape index (κ2) is 4.89. The summed E-state index contributed by atoms with van der Waals surface area (Å²) in [4.78, 5) is 0. The fourth-order valence-electron chi connectivity index (χ4n) is 2.10. The summed E-state index contributed by atoms with van der Waals surface area (Å²) in [6.45, 7) is 0.255. The van der Waals surface area contributed by atoms with Gasteiger partial charge in [-0.15, -0.1) is 0 Å². The average molecular weight is 227 g/mol. The Kier molecular flexibility index (Phi) is 3.51. The summed E-state index contributed by atoms with van der Waals surface area (Å²) >= 11 is 0. The van der Waals surface area contributed by atoms with Gasteiger partial charge in [-0.25, -0.2) is 8.78 Å². The maximum atomic E-state index is 13.3. The molecule has 4 heteroatoms. The molecule has 1 aromatic carbocycles. The van der Waals surface area contributed by atoms with Crippen LogP contribution in [-0.2, 0) is 6.54 Å². The first-order chi connectivity index (χ1) is 7.66. The van der Waals surface area contributed by atoms with Crippen molar-refractivity contribution < 1.29 is 13.9 Å². The molecule has 1 aliphatic carbocycles. The van der Waals surface area contributed by atoms with Crippen LogP contribution in [0.15, 0.2) is 18.2 Å². The third-order valence-corrected chi connectivity index (χ3v) is 3.04. The molecule has 2 nitrogen and oxygen atoms in total. The van der Waals surface area contributed by atoms with Crippen LogP contribution in [0.25, 0.3) is 0 Å². The van der Waals surface area contributed by atoms with Crippen molar-refractivity contribution in [3.05, 3.63) is 35.4 Å². The minimum Gasteiger partial charge on any atom is -0.392 e. The Bertz CT molecular complexity index is 370. The number of aliphatic hydroxyl groups is 1. The van der Waals surface area contributed by atoms with Crippen molar-refractivity contribution in [1.82, 2.24) is 5.32 Å². The molecule has 0 spiro atoms. The Morgan fingerprint density at radius 1 is 1.31 bits per heavy atom. The lowest BCUT2D eigenvalue weighted by Crippen LogP contribution is -2.35. The zero-order chi connectivity index (χ0) is 11.5. The van der Waals surface area contributed by atoms with Gasteiger partial charge in [-0.3, -0.25) is 0 Å². The van der Waals surface area contributed by atoms with Gasteiger partial charge in [0, 0.05) is 18.2 Å². The van der Waals surface area contributed by atoms with Crippen molar-refractivity contribution in [1.29, 1.82) is 0 Å². The third-order valence-electron chi connectivity index (χ3n) is 3.04. The number of nitrogens with one attached hydrogen (secondary N) is 1. The molecule has 2 atom stereocenters. The molecule has 16 heavy (non-hydrogen) atoms. The molecule has 2 N–H and O–H groups in total. The first-order valence-corrected chi connectivity index (χ1v) is 5.52. The van der Waals surface area contributed by atoms with Gasteiger partial charge >= 0.3 is 0 Å². The first-order valence-electron chi connectivity index (χ1n) is 5.52. The SMILES string of the molecule is O[C@@H]1CCC[C@H]1NCc1cc(F)ccc1F. The van der Waals surface area contributed by atoms with E-state index in [4.69, 9.17) is 0 Å². The molecular weight excluding hydrogens is 212 g/mol. The molecule has 1 aliphatic rings. The summed E-state index contributed by atoms with van der Waals surface area (Å²) in [6, 6.07) is 3.41. The second-order valence-corrected chi connectivity index (χ2v) is 4.22. The Labute approximate surface area is 93.3 Å². The molecule has 1 saturated carbocycles. The number of rotatable bonds is 3. The van der Waals surface area contributed by atoms with E-state index in [0.717, 1.165) is 31.4 Å². The standard InChI is InChI=1S/C12H15F2NO/c13-9-4-5-10(14)8(6-9)7-15-11-2-1-3-12(11)16/h4-6,11-12,15-16H,1-3,7H2/t11-,12-/m1/s1. The van der Waals surface area contributed by atoms with Gasteiger partial charge in [-0.1, -0.05) is 0 Å². The van der Waals surface area contributed by atoms with Crippen molar-refractivity contribution in [2.45, 2.75) is 38.0 Å². The van der Waals surface area contributed by atoms with Crippen LogP contribution >= 0.6 is 0 Å². The lowest BCUT2D eigenvalue weighted by molar-refractivity contribution is 0.148. The van der Waals surface area contributed by atoms with Crippen molar-refractivity contribution in [3.63, 3.8) is 0 Å². The molecule has 0 aromatic heterocycles. The molecule has 1 fully saturated rings. The monoisotopic (exact) mass is 227 g/mol. The number of hydrogen-bond acceptors (Lipinski definition) is 2. The van der Waals surface area contributed by atoms with Crippen molar-refractivity contribution in [2.24, 2.45) is 0 Å². The number of aliphatic hydroxyl groups excluding tert-OH is 1. The quantitative estimate of drug-likeness (QED) is 0.827. The highest BCUT2D eigenvalue weighted by Crippen LogP contribution is 2.19. The van der Waals surface area contributed by atoms with E-state index in [1.807, 2.05) is 0 Å². The molecule has 0 bridgehead atoms. The van der Waals surface area contributed by atoms with E-state index in [-0.39, 0.29) is 18.7 Å². The zero-order valence-electron chi connectivity index (χ0n) is 8.92. The summed E-state index contributed by atoms with van der Waals surface area (Å²) in [7, 11) is 0. The Hall–Kier alpha value is -1.00. The fraction of sp³-hybridized carbons (Fsp3) is 0.500. The summed E-state index contributed by atoms with van der Waals surface area (Å²) in [6.07, 6.45) is 2.28. The predicted octanol–water partition coefficient (Wildman–Crippen LogP) is 1.97. The summed E-state index contributed by atoms with van der Waals surface area (Å²) < 4.78 is 26.2. The maximum Gasteiger partial charge on any atom is 0.127 e.